The number of carbonyl (C=O) groups is 1. The van der Waals surface area contributed by atoms with Crippen LogP contribution in [0.3, 0.4) is 0 Å². The Kier molecular flexibility index (Phi) is 5.19. The molecule has 128 valence electrons. The second-order valence-electron chi connectivity index (χ2n) is 6.17. The van der Waals surface area contributed by atoms with Crippen LogP contribution in [0.15, 0.2) is 77.4 Å². The second kappa shape index (κ2) is 7.71. The lowest BCUT2D eigenvalue weighted by atomic mass is 10.1. The van der Waals surface area contributed by atoms with E-state index in [1.807, 2.05) is 56.6 Å². The molecule has 1 heterocycles. The van der Waals surface area contributed by atoms with Crippen molar-refractivity contribution in [2.24, 2.45) is 0 Å². The lowest BCUT2D eigenvalue weighted by Gasteiger charge is -2.22. The summed E-state index contributed by atoms with van der Waals surface area (Å²) >= 11 is 0. The van der Waals surface area contributed by atoms with Crippen LogP contribution in [-0.4, -0.2) is 24.9 Å². The molecule has 3 aromatic rings. The van der Waals surface area contributed by atoms with Gasteiger partial charge in [-0.25, -0.2) is 0 Å². The molecule has 0 bridgehead atoms. The average Bonchev–Trinajstić information content (AvgIpc) is 3.15. The first kappa shape index (κ1) is 16.8. The molecule has 0 N–H and O–H groups in total. The molecule has 0 aliphatic carbocycles. The van der Waals surface area contributed by atoms with Gasteiger partial charge in [0.1, 0.15) is 5.76 Å². The van der Waals surface area contributed by atoms with Gasteiger partial charge in [0, 0.05) is 31.9 Å². The lowest BCUT2D eigenvalue weighted by molar-refractivity contribution is 0.0717. The summed E-state index contributed by atoms with van der Waals surface area (Å²) in [5.74, 6) is 0.767. The Morgan fingerprint density at radius 1 is 0.880 bits per heavy atom. The van der Waals surface area contributed by atoms with Gasteiger partial charge >= 0.3 is 0 Å². The number of hydrogen-bond donors (Lipinski definition) is 0. The minimum Gasteiger partial charge on any atom is -0.467 e. The van der Waals surface area contributed by atoms with Crippen molar-refractivity contribution in [2.45, 2.75) is 13.1 Å². The highest BCUT2D eigenvalue weighted by atomic mass is 16.3. The number of hydrogen-bond acceptors (Lipinski definition) is 3. The van der Waals surface area contributed by atoms with E-state index in [9.17, 15) is 4.79 Å². The summed E-state index contributed by atoms with van der Waals surface area (Å²) in [5, 5.41) is 0. The zero-order chi connectivity index (χ0) is 17.6. The largest absolute Gasteiger partial charge is 0.467 e. The molecule has 3 rings (SSSR count). The van der Waals surface area contributed by atoms with Crippen LogP contribution < -0.4 is 4.90 Å². The number of furan rings is 1. The van der Waals surface area contributed by atoms with E-state index in [4.69, 9.17) is 4.42 Å². The van der Waals surface area contributed by atoms with Gasteiger partial charge < -0.3 is 14.2 Å². The van der Waals surface area contributed by atoms with Crippen LogP contribution in [0.5, 0.6) is 0 Å². The Balaban J connectivity index is 1.82. The van der Waals surface area contributed by atoms with E-state index >= 15 is 0 Å². The maximum absolute atomic E-state index is 12.9. The molecule has 0 aliphatic rings. The number of amides is 1. The SMILES string of the molecule is CN(C)c1ccc(CN(Cc2ccco2)C(=O)c2ccccc2)cc1. The van der Waals surface area contributed by atoms with E-state index in [-0.39, 0.29) is 5.91 Å². The molecule has 0 saturated carbocycles. The van der Waals surface area contributed by atoms with Gasteiger partial charge in [-0.05, 0) is 42.0 Å². The summed E-state index contributed by atoms with van der Waals surface area (Å²) in [6.07, 6.45) is 1.63. The zero-order valence-corrected chi connectivity index (χ0v) is 14.6. The second-order valence-corrected chi connectivity index (χ2v) is 6.17. The fourth-order valence-corrected chi connectivity index (χ4v) is 2.67. The molecule has 4 heteroatoms. The topological polar surface area (TPSA) is 36.7 Å². The van der Waals surface area contributed by atoms with Crippen molar-refractivity contribution < 1.29 is 9.21 Å². The highest BCUT2D eigenvalue weighted by Gasteiger charge is 2.17. The Morgan fingerprint density at radius 3 is 2.20 bits per heavy atom. The Morgan fingerprint density at radius 2 is 1.60 bits per heavy atom. The summed E-state index contributed by atoms with van der Waals surface area (Å²) < 4.78 is 5.44. The molecule has 1 amide bonds. The molecular formula is C21H22N2O2. The molecule has 0 aliphatic heterocycles. The zero-order valence-electron chi connectivity index (χ0n) is 14.6. The van der Waals surface area contributed by atoms with E-state index in [0.29, 0.717) is 18.7 Å². The maximum Gasteiger partial charge on any atom is 0.254 e. The molecule has 25 heavy (non-hydrogen) atoms. The molecule has 0 fully saturated rings. The third kappa shape index (κ3) is 4.29. The predicted octanol–water partition coefficient (Wildman–Crippen LogP) is 4.19. The third-order valence-corrected chi connectivity index (χ3v) is 4.06. The van der Waals surface area contributed by atoms with E-state index in [1.54, 1.807) is 11.2 Å². The molecule has 0 spiro atoms. The molecule has 0 atom stereocenters. The smallest absolute Gasteiger partial charge is 0.254 e. The first-order valence-electron chi connectivity index (χ1n) is 8.26. The fourth-order valence-electron chi connectivity index (χ4n) is 2.67. The van der Waals surface area contributed by atoms with Gasteiger partial charge in [-0.3, -0.25) is 4.79 Å². The summed E-state index contributed by atoms with van der Waals surface area (Å²) in [4.78, 5) is 16.8. The summed E-state index contributed by atoms with van der Waals surface area (Å²) in [5.41, 5.74) is 2.90. The van der Waals surface area contributed by atoms with E-state index in [2.05, 4.69) is 29.2 Å². The van der Waals surface area contributed by atoms with E-state index in [1.165, 1.54) is 0 Å². The van der Waals surface area contributed by atoms with Gasteiger partial charge in [-0.1, -0.05) is 30.3 Å². The molecular weight excluding hydrogens is 312 g/mol. The molecule has 4 nitrogen and oxygen atoms in total. The lowest BCUT2D eigenvalue weighted by Crippen LogP contribution is -2.30. The van der Waals surface area contributed by atoms with Crippen LogP contribution in [0.25, 0.3) is 0 Å². The Hall–Kier alpha value is -3.01. The van der Waals surface area contributed by atoms with Crippen molar-refractivity contribution in [2.75, 3.05) is 19.0 Å². The van der Waals surface area contributed by atoms with Crippen LogP contribution in [0.1, 0.15) is 21.7 Å². The molecule has 0 saturated heterocycles. The van der Waals surface area contributed by atoms with Crippen LogP contribution in [0.2, 0.25) is 0 Å². The summed E-state index contributed by atoms with van der Waals surface area (Å²) in [7, 11) is 4.02. The van der Waals surface area contributed by atoms with Gasteiger partial charge in [-0.15, -0.1) is 0 Å². The minimum absolute atomic E-state index is 0.00585. The normalized spacial score (nSPS) is 10.5. The van der Waals surface area contributed by atoms with Gasteiger partial charge in [0.2, 0.25) is 0 Å². The molecule has 0 unspecified atom stereocenters. The Labute approximate surface area is 148 Å². The Bertz CT molecular complexity index is 794. The number of nitrogens with zero attached hydrogens (tertiary/aromatic N) is 2. The first-order valence-corrected chi connectivity index (χ1v) is 8.26. The molecule has 1 aromatic heterocycles. The molecule has 0 radical (unpaired) electrons. The monoisotopic (exact) mass is 334 g/mol. The van der Waals surface area contributed by atoms with Crippen LogP contribution in [-0.2, 0) is 13.1 Å². The van der Waals surface area contributed by atoms with Crippen LogP contribution in [0, 0.1) is 0 Å². The quantitative estimate of drug-likeness (QED) is 0.678. The van der Waals surface area contributed by atoms with Crippen molar-refractivity contribution in [3.63, 3.8) is 0 Å². The van der Waals surface area contributed by atoms with Crippen molar-refractivity contribution in [1.82, 2.24) is 4.90 Å². The standard InChI is InChI=1S/C21H22N2O2/c1-22(2)19-12-10-17(11-13-19)15-23(16-20-9-6-14-25-20)21(24)18-7-4-3-5-8-18/h3-14H,15-16H2,1-2H3. The fraction of sp³-hybridized carbons (Fsp3) is 0.190. The van der Waals surface area contributed by atoms with Crippen molar-refractivity contribution in [3.8, 4) is 0 Å². The van der Waals surface area contributed by atoms with Crippen molar-refractivity contribution in [3.05, 3.63) is 89.9 Å². The number of benzene rings is 2. The highest BCUT2D eigenvalue weighted by molar-refractivity contribution is 5.94. The van der Waals surface area contributed by atoms with Gasteiger partial charge in [0.15, 0.2) is 0 Å². The van der Waals surface area contributed by atoms with E-state index < -0.39 is 0 Å². The number of rotatable bonds is 6. The summed E-state index contributed by atoms with van der Waals surface area (Å²) in [6.45, 7) is 0.971. The maximum atomic E-state index is 12.9. The number of anilines is 1. The van der Waals surface area contributed by atoms with Gasteiger partial charge in [0.05, 0.1) is 12.8 Å². The van der Waals surface area contributed by atoms with Crippen molar-refractivity contribution >= 4 is 11.6 Å². The van der Waals surface area contributed by atoms with Gasteiger partial charge in [0.25, 0.3) is 5.91 Å². The van der Waals surface area contributed by atoms with Crippen molar-refractivity contribution in [1.29, 1.82) is 0 Å². The predicted molar refractivity (Wildman–Crippen MR) is 99.5 cm³/mol. The van der Waals surface area contributed by atoms with Crippen LogP contribution >= 0.6 is 0 Å². The highest BCUT2D eigenvalue weighted by Crippen LogP contribution is 2.17. The summed E-state index contributed by atoms with van der Waals surface area (Å²) in [6, 6.07) is 21.3. The van der Waals surface area contributed by atoms with Gasteiger partial charge in [-0.2, -0.15) is 0 Å². The van der Waals surface area contributed by atoms with Crippen LogP contribution in [0.4, 0.5) is 5.69 Å². The first-order chi connectivity index (χ1) is 12.1. The third-order valence-electron chi connectivity index (χ3n) is 4.06. The minimum atomic E-state index is -0.00585. The number of carbonyl (C=O) groups excluding carboxylic acids is 1. The van der Waals surface area contributed by atoms with E-state index in [0.717, 1.165) is 17.0 Å². The average molecular weight is 334 g/mol. The molecule has 2 aromatic carbocycles.